The van der Waals surface area contributed by atoms with Crippen LogP contribution in [0.3, 0.4) is 0 Å². The highest BCUT2D eigenvalue weighted by atomic mass is 19.1. The molecule has 0 saturated heterocycles. The molecule has 0 aliphatic heterocycles. The maximum absolute atomic E-state index is 13.4. The molecule has 3 aromatic carbocycles. The van der Waals surface area contributed by atoms with Crippen LogP contribution >= 0.6 is 0 Å². The van der Waals surface area contributed by atoms with Crippen LogP contribution < -0.4 is 19.6 Å². The van der Waals surface area contributed by atoms with Crippen molar-refractivity contribution in [1.82, 2.24) is 5.43 Å². The first-order chi connectivity index (χ1) is 16.8. The number of carbonyl (C=O) groups is 2. The average Bonchev–Trinajstić information content (AvgIpc) is 2.83. The summed E-state index contributed by atoms with van der Waals surface area (Å²) >= 11 is 0. The molecule has 0 atom stereocenters. The predicted molar refractivity (Wildman–Crippen MR) is 131 cm³/mol. The number of amides is 1. The number of hydrogen-bond acceptors (Lipinski definition) is 6. The normalized spacial score (nSPS) is 10.9. The highest BCUT2D eigenvalue weighted by Crippen LogP contribution is 2.29. The third-order valence-corrected chi connectivity index (χ3v) is 5.00. The first-order valence-electron chi connectivity index (χ1n) is 11.0. The monoisotopic (exact) mass is 478 g/mol. The van der Waals surface area contributed by atoms with E-state index in [1.165, 1.54) is 37.6 Å². The molecule has 0 aliphatic carbocycles. The highest BCUT2D eigenvalue weighted by molar-refractivity contribution is 5.91. The van der Waals surface area contributed by atoms with Crippen molar-refractivity contribution in [2.75, 3.05) is 13.7 Å². The SMILES string of the molecule is COc1cc(/C=N\NC(=O)COc2cc(C)ccc2C(C)C)ccc1OC(=O)c1cccc(F)c1. The minimum Gasteiger partial charge on any atom is -0.493 e. The van der Waals surface area contributed by atoms with Gasteiger partial charge in [0.05, 0.1) is 18.9 Å². The minimum absolute atomic E-state index is 0.0776. The van der Waals surface area contributed by atoms with Gasteiger partial charge in [-0.3, -0.25) is 4.79 Å². The van der Waals surface area contributed by atoms with Crippen LogP contribution in [-0.4, -0.2) is 31.8 Å². The molecule has 182 valence electrons. The molecule has 0 unspecified atom stereocenters. The van der Waals surface area contributed by atoms with E-state index in [2.05, 4.69) is 24.4 Å². The van der Waals surface area contributed by atoms with Crippen molar-refractivity contribution in [2.45, 2.75) is 26.7 Å². The Bertz CT molecular complexity index is 1240. The molecule has 0 heterocycles. The van der Waals surface area contributed by atoms with E-state index in [-0.39, 0.29) is 29.6 Å². The van der Waals surface area contributed by atoms with Gasteiger partial charge in [-0.1, -0.05) is 32.0 Å². The summed E-state index contributed by atoms with van der Waals surface area (Å²) in [5.41, 5.74) is 5.16. The number of esters is 1. The van der Waals surface area contributed by atoms with Crippen LogP contribution in [0.4, 0.5) is 4.39 Å². The van der Waals surface area contributed by atoms with E-state index < -0.39 is 17.7 Å². The predicted octanol–water partition coefficient (Wildman–Crippen LogP) is 5.01. The molecule has 0 bridgehead atoms. The van der Waals surface area contributed by atoms with Crippen LogP contribution in [0.5, 0.6) is 17.2 Å². The number of ether oxygens (including phenoxy) is 3. The van der Waals surface area contributed by atoms with Crippen LogP contribution in [0.2, 0.25) is 0 Å². The molecular formula is C27H27FN2O5. The lowest BCUT2D eigenvalue weighted by Crippen LogP contribution is -2.25. The second-order valence-electron chi connectivity index (χ2n) is 8.09. The van der Waals surface area contributed by atoms with Gasteiger partial charge in [0.2, 0.25) is 0 Å². The number of nitrogens with zero attached hydrogens (tertiary/aromatic N) is 1. The van der Waals surface area contributed by atoms with Crippen LogP contribution in [0, 0.1) is 12.7 Å². The summed E-state index contributed by atoms with van der Waals surface area (Å²) in [5, 5.41) is 3.94. The van der Waals surface area contributed by atoms with Crippen LogP contribution in [-0.2, 0) is 4.79 Å². The zero-order chi connectivity index (χ0) is 25.4. The van der Waals surface area contributed by atoms with Gasteiger partial charge in [0.15, 0.2) is 18.1 Å². The summed E-state index contributed by atoms with van der Waals surface area (Å²) in [6.45, 7) is 5.90. The Morgan fingerprint density at radius 3 is 2.54 bits per heavy atom. The van der Waals surface area contributed by atoms with E-state index in [0.717, 1.165) is 17.2 Å². The Morgan fingerprint density at radius 1 is 1.03 bits per heavy atom. The van der Waals surface area contributed by atoms with Crippen molar-refractivity contribution in [3.63, 3.8) is 0 Å². The van der Waals surface area contributed by atoms with Crippen molar-refractivity contribution in [1.29, 1.82) is 0 Å². The molecule has 1 amide bonds. The van der Waals surface area contributed by atoms with Crippen molar-refractivity contribution < 1.29 is 28.2 Å². The Balaban J connectivity index is 1.59. The second-order valence-corrected chi connectivity index (χ2v) is 8.09. The van der Waals surface area contributed by atoms with Gasteiger partial charge in [-0.05, 0) is 72.0 Å². The molecule has 3 rings (SSSR count). The number of halogens is 1. The molecule has 0 radical (unpaired) electrons. The van der Waals surface area contributed by atoms with Crippen molar-refractivity contribution >= 4 is 18.1 Å². The van der Waals surface area contributed by atoms with E-state index in [9.17, 15) is 14.0 Å². The largest absolute Gasteiger partial charge is 0.493 e. The molecule has 1 N–H and O–H groups in total. The fraction of sp³-hybridized carbons (Fsp3) is 0.222. The number of methoxy groups -OCH3 is 1. The summed E-state index contributed by atoms with van der Waals surface area (Å²) in [6.07, 6.45) is 1.42. The number of benzene rings is 3. The quantitative estimate of drug-likeness (QED) is 0.202. The zero-order valence-corrected chi connectivity index (χ0v) is 20.0. The third-order valence-electron chi connectivity index (χ3n) is 5.00. The molecule has 0 aromatic heterocycles. The van der Waals surface area contributed by atoms with Gasteiger partial charge in [-0.2, -0.15) is 5.10 Å². The van der Waals surface area contributed by atoms with Gasteiger partial charge in [0.25, 0.3) is 5.91 Å². The van der Waals surface area contributed by atoms with E-state index in [1.54, 1.807) is 12.1 Å². The van der Waals surface area contributed by atoms with Crippen LogP contribution in [0.25, 0.3) is 0 Å². The van der Waals surface area contributed by atoms with Gasteiger partial charge in [-0.25, -0.2) is 14.6 Å². The fourth-order valence-electron chi connectivity index (χ4n) is 3.22. The van der Waals surface area contributed by atoms with Gasteiger partial charge in [-0.15, -0.1) is 0 Å². The lowest BCUT2D eigenvalue weighted by Gasteiger charge is -2.14. The Kier molecular flexibility index (Phi) is 8.56. The summed E-state index contributed by atoms with van der Waals surface area (Å²) in [4.78, 5) is 24.4. The third kappa shape index (κ3) is 7.14. The van der Waals surface area contributed by atoms with E-state index in [4.69, 9.17) is 14.2 Å². The van der Waals surface area contributed by atoms with E-state index in [0.29, 0.717) is 11.3 Å². The van der Waals surface area contributed by atoms with Crippen LogP contribution in [0.1, 0.15) is 46.8 Å². The van der Waals surface area contributed by atoms with E-state index in [1.807, 2.05) is 25.1 Å². The number of nitrogens with one attached hydrogen (secondary N) is 1. The lowest BCUT2D eigenvalue weighted by atomic mass is 10.0. The first-order valence-corrected chi connectivity index (χ1v) is 11.0. The van der Waals surface area contributed by atoms with E-state index >= 15 is 0 Å². The Hall–Kier alpha value is -4.20. The molecule has 8 heteroatoms. The average molecular weight is 479 g/mol. The zero-order valence-electron chi connectivity index (χ0n) is 20.0. The molecule has 0 spiro atoms. The minimum atomic E-state index is -0.717. The van der Waals surface area contributed by atoms with Crippen molar-refractivity contribution in [3.8, 4) is 17.2 Å². The van der Waals surface area contributed by atoms with Gasteiger partial charge < -0.3 is 14.2 Å². The molecule has 35 heavy (non-hydrogen) atoms. The Labute approximate surface area is 203 Å². The number of hydrazone groups is 1. The lowest BCUT2D eigenvalue weighted by molar-refractivity contribution is -0.123. The molecule has 3 aromatic rings. The molecular weight excluding hydrogens is 451 g/mol. The second kappa shape index (κ2) is 11.8. The van der Waals surface area contributed by atoms with Crippen molar-refractivity contribution in [2.24, 2.45) is 5.10 Å². The summed E-state index contributed by atoms with van der Waals surface area (Å²) in [7, 11) is 1.42. The first kappa shape index (κ1) is 25.4. The summed E-state index contributed by atoms with van der Waals surface area (Å²) in [5.74, 6) is -0.296. The fourth-order valence-corrected chi connectivity index (χ4v) is 3.22. The highest BCUT2D eigenvalue weighted by Gasteiger charge is 2.14. The van der Waals surface area contributed by atoms with Crippen LogP contribution in [0.15, 0.2) is 65.8 Å². The standard InChI is InChI=1S/C27H27FN2O5/c1-17(2)22-10-8-18(3)12-24(22)34-16-26(31)30-29-15-19-9-11-23(25(13-19)33-4)35-27(32)20-6-5-7-21(28)14-20/h5-15,17H,16H2,1-4H3,(H,30,31)/b29-15-. The maximum atomic E-state index is 13.4. The summed E-state index contributed by atoms with van der Waals surface area (Å²) < 4.78 is 29.7. The number of hydrogen-bond donors (Lipinski definition) is 1. The molecule has 7 nitrogen and oxygen atoms in total. The van der Waals surface area contributed by atoms with Gasteiger partial charge in [0, 0.05) is 0 Å². The van der Waals surface area contributed by atoms with Gasteiger partial charge >= 0.3 is 5.97 Å². The molecule has 0 aliphatic rings. The number of aryl methyl sites for hydroxylation is 1. The van der Waals surface area contributed by atoms with Gasteiger partial charge in [0.1, 0.15) is 11.6 Å². The van der Waals surface area contributed by atoms with Crippen molar-refractivity contribution in [3.05, 3.63) is 88.7 Å². The topological polar surface area (TPSA) is 86.2 Å². The Morgan fingerprint density at radius 2 is 1.83 bits per heavy atom. The smallest absolute Gasteiger partial charge is 0.343 e. The number of carbonyl (C=O) groups excluding carboxylic acids is 2. The maximum Gasteiger partial charge on any atom is 0.343 e. The molecule has 0 saturated carbocycles. The summed E-state index contributed by atoms with van der Waals surface area (Å²) in [6, 6.07) is 15.8. The molecule has 0 fully saturated rings. The number of rotatable bonds is 9.